The molecule has 3 rings (SSSR count). The summed E-state index contributed by atoms with van der Waals surface area (Å²) in [6, 6.07) is 10.8. The highest BCUT2D eigenvalue weighted by atomic mass is 28.4. The molecule has 1 aromatic carbocycles. The summed E-state index contributed by atoms with van der Waals surface area (Å²) in [5.41, 5.74) is 5.85. The van der Waals surface area contributed by atoms with Crippen molar-refractivity contribution in [2.75, 3.05) is 12.3 Å². The van der Waals surface area contributed by atoms with Crippen LogP contribution in [0.1, 0.15) is 11.8 Å². The number of hydrogen-bond acceptors (Lipinski definition) is 8. The van der Waals surface area contributed by atoms with Gasteiger partial charge in [-0.25, -0.2) is 9.78 Å². The summed E-state index contributed by atoms with van der Waals surface area (Å²) in [5, 5.41) is 20.6. The van der Waals surface area contributed by atoms with Gasteiger partial charge in [0.25, 0.3) is 0 Å². The number of anilines is 1. The first-order chi connectivity index (χ1) is 12.8. The SMILES string of the molecule is C[Si](C)(Cc1ccccc1)OC[C@H]1O[C@@H](n2cnc(N)nc2=O)[C@H](O)[C@@H]1O. The lowest BCUT2D eigenvalue weighted by atomic mass is 10.1. The number of ether oxygens (including phenoxy) is 1. The lowest BCUT2D eigenvalue weighted by molar-refractivity contribution is -0.0531. The van der Waals surface area contributed by atoms with Gasteiger partial charge in [-0.3, -0.25) is 4.57 Å². The zero-order chi connectivity index (χ0) is 19.6. The normalized spacial score (nSPS) is 25.6. The maximum atomic E-state index is 11.9. The molecule has 0 bridgehead atoms. The van der Waals surface area contributed by atoms with Crippen LogP contribution in [0.15, 0.2) is 41.5 Å². The average Bonchev–Trinajstić information content (AvgIpc) is 2.89. The van der Waals surface area contributed by atoms with Gasteiger partial charge in [-0.05, 0) is 24.7 Å². The monoisotopic (exact) mass is 392 g/mol. The summed E-state index contributed by atoms with van der Waals surface area (Å²) in [4.78, 5) is 19.2. The van der Waals surface area contributed by atoms with E-state index in [1.165, 1.54) is 5.56 Å². The van der Waals surface area contributed by atoms with Gasteiger partial charge >= 0.3 is 5.69 Å². The Morgan fingerprint density at radius 2 is 1.96 bits per heavy atom. The van der Waals surface area contributed by atoms with Crippen molar-refractivity contribution in [2.45, 2.75) is 43.7 Å². The third kappa shape index (κ3) is 4.60. The molecule has 0 saturated carbocycles. The molecule has 0 amide bonds. The Balaban J connectivity index is 1.64. The van der Waals surface area contributed by atoms with Crippen molar-refractivity contribution in [1.29, 1.82) is 0 Å². The first-order valence-corrected chi connectivity index (χ1v) is 11.8. The second-order valence-corrected chi connectivity index (χ2v) is 11.3. The summed E-state index contributed by atoms with van der Waals surface area (Å²) < 4.78 is 12.8. The van der Waals surface area contributed by atoms with Crippen LogP contribution in [0.3, 0.4) is 0 Å². The lowest BCUT2D eigenvalue weighted by Gasteiger charge is -2.26. The Bertz CT molecular complexity index is 832. The van der Waals surface area contributed by atoms with Crippen molar-refractivity contribution in [2.24, 2.45) is 0 Å². The number of benzene rings is 1. The Morgan fingerprint density at radius 3 is 2.63 bits per heavy atom. The molecule has 10 heteroatoms. The summed E-state index contributed by atoms with van der Waals surface area (Å²) in [7, 11) is -2.07. The largest absolute Gasteiger partial charge is 0.414 e. The second kappa shape index (κ2) is 7.86. The Hall–Kier alpha value is -2.11. The fourth-order valence-corrected chi connectivity index (χ4v) is 5.01. The zero-order valence-corrected chi connectivity index (χ0v) is 16.2. The third-order valence-electron chi connectivity index (χ3n) is 4.47. The summed E-state index contributed by atoms with van der Waals surface area (Å²) in [6.07, 6.45) is -3.22. The van der Waals surface area contributed by atoms with Crippen molar-refractivity contribution in [3.8, 4) is 0 Å². The van der Waals surface area contributed by atoms with Gasteiger partial charge in [-0.2, -0.15) is 4.98 Å². The number of aliphatic hydroxyl groups excluding tert-OH is 2. The van der Waals surface area contributed by atoms with E-state index in [2.05, 4.69) is 23.1 Å². The summed E-state index contributed by atoms with van der Waals surface area (Å²) >= 11 is 0. The maximum absolute atomic E-state index is 11.9. The molecule has 1 aliphatic rings. The van der Waals surface area contributed by atoms with Crippen LogP contribution in [0.5, 0.6) is 0 Å². The molecule has 1 aliphatic heterocycles. The highest BCUT2D eigenvalue weighted by Gasteiger charge is 2.45. The summed E-state index contributed by atoms with van der Waals surface area (Å²) in [5.74, 6) is -0.169. The molecule has 27 heavy (non-hydrogen) atoms. The van der Waals surface area contributed by atoms with Gasteiger partial charge in [-0.1, -0.05) is 30.3 Å². The van der Waals surface area contributed by atoms with E-state index in [0.29, 0.717) is 0 Å². The molecule has 0 unspecified atom stereocenters. The minimum atomic E-state index is -2.07. The number of aromatic nitrogens is 3. The smallest absolute Gasteiger partial charge is 0.354 e. The molecule has 9 nitrogen and oxygen atoms in total. The van der Waals surface area contributed by atoms with Crippen LogP contribution >= 0.6 is 0 Å². The first-order valence-electron chi connectivity index (χ1n) is 8.67. The van der Waals surface area contributed by atoms with E-state index in [0.717, 1.165) is 16.9 Å². The molecule has 4 N–H and O–H groups in total. The quantitative estimate of drug-likeness (QED) is 0.578. The second-order valence-electron chi connectivity index (χ2n) is 7.18. The van der Waals surface area contributed by atoms with Crippen molar-refractivity contribution >= 4 is 14.3 Å². The van der Waals surface area contributed by atoms with Crippen LogP contribution in [-0.2, 0) is 15.2 Å². The van der Waals surface area contributed by atoms with Gasteiger partial charge in [0.1, 0.15) is 24.6 Å². The predicted molar refractivity (Wildman–Crippen MR) is 100 cm³/mol. The average molecular weight is 392 g/mol. The molecule has 1 saturated heterocycles. The number of nitrogens with zero attached hydrogens (tertiary/aromatic N) is 3. The minimum absolute atomic E-state index is 0.116. The van der Waals surface area contributed by atoms with Crippen LogP contribution in [0.25, 0.3) is 0 Å². The van der Waals surface area contributed by atoms with E-state index >= 15 is 0 Å². The van der Waals surface area contributed by atoms with Crippen LogP contribution in [0.2, 0.25) is 13.1 Å². The Kier molecular flexibility index (Phi) is 5.72. The maximum Gasteiger partial charge on any atom is 0.354 e. The standard InChI is InChI=1S/C17H24N4O5Si/c1-27(2,9-11-6-4-3-5-7-11)25-8-12-13(22)14(23)15(26-12)21-10-19-16(18)20-17(21)24/h3-7,10,12-15,22-23H,8-9H2,1-2H3,(H2,18,20,24)/t12-,13-,14-,15-/m1/s1. The van der Waals surface area contributed by atoms with E-state index in [1.807, 2.05) is 30.3 Å². The number of hydrogen-bond donors (Lipinski definition) is 3. The topological polar surface area (TPSA) is 133 Å². The van der Waals surface area contributed by atoms with E-state index in [1.54, 1.807) is 0 Å². The highest BCUT2D eigenvalue weighted by molar-refractivity contribution is 6.70. The molecule has 0 aliphatic carbocycles. The van der Waals surface area contributed by atoms with E-state index < -0.39 is 38.5 Å². The van der Waals surface area contributed by atoms with Crippen LogP contribution in [0.4, 0.5) is 5.95 Å². The molecule has 146 valence electrons. The molecule has 0 radical (unpaired) electrons. The molecular formula is C17H24N4O5Si. The van der Waals surface area contributed by atoms with Gasteiger partial charge in [-0.15, -0.1) is 0 Å². The fraction of sp³-hybridized carbons (Fsp3) is 0.471. The van der Waals surface area contributed by atoms with E-state index in [4.69, 9.17) is 14.9 Å². The summed E-state index contributed by atoms with van der Waals surface area (Å²) in [6.45, 7) is 4.27. The van der Waals surface area contributed by atoms with Gasteiger partial charge < -0.3 is 25.1 Å². The zero-order valence-electron chi connectivity index (χ0n) is 15.2. The molecule has 0 spiro atoms. The third-order valence-corrected chi connectivity index (χ3v) is 6.68. The lowest BCUT2D eigenvalue weighted by Crippen LogP contribution is -2.40. The number of nitrogens with two attached hydrogens (primary N) is 1. The molecule has 1 aromatic heterocycles. The van der Waals surface area contributed by atoms with Gasteiger partial charge in [0.05, 0.1) is 6.61 Å². The van der Waals surface area contributed by atoms with Crippen molar-refractivity contribution in [3.05, 3.63) is 52.7 Å². The molecule has 2 aromatic rings. The van der Waals surface area contributed by atoms with Crippen molar-refractivity contribution in [3.63, 3.8) is 0 Å². The number of nitrogen functional groups attached to an aromatic ring is 1. The first kappa shape index (κ1) is 19.6. The van der Waals surface area contributed by atoms with E-state index in [-0.39, 0.29) is 12.6 Å². The van der Waals surface area contributed by atoms with Crippen LogP contribution in [-0.4, -0.2) is 58.0 Å². The molecule has 4 atom stereocenters. The molecule has 1 fully saturated rings. The highest BCUT2D eigenvalue weighted by Crippen LogP contribution is 2.29. The fourth-order valence-electron chi connectivity index (χ4n) is 3.07. The number of aliphatic hydroxyl groups is 2. The molecule has 2 heterocycles. The Labute approximate surface area is 157 Å². The molecular weight excluding hydrogens is 368 g/mol. The Morgan fingerprint density at radius 1 is 1.26 bits per heavy atom. The van der Waals surface area contributed by atoms with Crippen LogP contribution < -0.4 is 11.4 Å². The minimum Gasteiger partial charge on any atom is -0.414 e. The van der Waals surface area contributed by atoms with Crippen molar-refractivity contribution in [1.82, 2.24) is 14.5 Å². The number of rotatable bonds is 6. The van der Waals surface area contributed by atoms with Crippen molar-refractivity contribution < 1.29 is 19.4 Å². The van der Waals surface area contributed by atoms with E-state index in [9.17, 15) is 15.0 Å². The predicted octanol–water partition coefficient (Wildman–Crippen LogP) is -0.157. The van der Waals surface area contributed by atoms with Gasteiger partial charge in [0, 0.05) is 0 Å². The van der Waals surface area contributed by atoms with Gasteiger partial charge in [0.15, 0.2) is 14.5 Å². The van der Waals surface area contributed by atoms with Gasteiger partial charge in [0.2, 0.25) is 5.95 Å². The van der Waals surface area contributed by atoms with Crippen LogP contribution in [0, 0.1) is 0 Å².